The first-order valence-electron chi connectivity index (χ1n) is 9.84. The summed E-state index contributed by atoms with van der Waals surface area (Å²) in [5.41, 5.74) is -0.707. The van der Waals surface area contributed by atoms with Crippen LogP contribution in [0.5, 0.6) is 0 Å². The Morgan fingerprint density at radius 1 is 1.11 bits per heavy atom. The molecular formula is C19H27NaO8. The van der Waals surface area contributed by atoms with E-state index in [9.17, 15) is 14.7 Å². The largest absolute Gasteiger partial charge is 1.00 e. The molecular weight excluding hydrogens is 379 g/mol. The molecule has 5 aliphatic rings. The van der Waals surface area contributed by atoms with Gasteiger partial charge in [0.05, 0.1) is 6.42 Å². The van der Waals surface area contributed by atoms with Crippen LogP contribution < -0.4 is 34.7 Å². The van der Waals surface area contributed by atoms with Gasteiger partial charge < -0.3 is 24.1 Å². The van der Waals surface area contributed by atoms with E-state index in [4.69, 9.17) is 24.0 Å². The monoisotopic (exact) mass is 406 g/mol. The second-order valence-corrected chi connectivity index (χ2v) is 8.64. The minimum atomic E-state index is -1.28. The maximum atomic E-state index is 12.0. The molecule has 0 amide bonds. The van der Waals surface area contributed by atoms with Crippen molar-refractivity contribution < 1.29 is 68.2 Å². The van der Waals surface area contributed by atoms with Crippen LogP contribution in [0.3, 0.4) is 0 Å². The van der Waals surface area contributed by atoms with E-state index in [1.807, 2.05) is 13.8 Å². The van der Waals surface area contributed by atoms with Gasteiger partial charge in [0.2, 0.25) is 12.1 Å². The summed E-state index contributed by atoms with van der Waals surface area (Å²) in [6.07, 6.45) is 1.48. The molecule has 1 saturated carbocycles. The van der Waals surface area contributed by atoms with Gasteiger partial charge >= 0.3 is 35.5 Å². The number of fused-ring (bicyclic) bond motifs is 2. The Kier molecular flexibility index (Phi) is 6.53. The van der Waals surface area contributed by atoms with E-state index < -0.39 is 35.9 Å². The van der Waals surface area contributed by atoms with Crippen molar-refractivity contribution in [1.29, 1.82) is 0 Å². The summed E-state index contributed by atoms with van der Waals surface area (Å²) in [5.74, 6) is -2.17. The Morgan fingerprint density at radius 3 is 2.57 bits per heavy atom. The molecule has 0 N–H and O–H groups in total. The van der Waals surface area contributed by atoms with Crippen LogP contribution in [-0.2, 0) is 33.6 Å². The summed E-state index contributed by atoms with van der Waals surface area (Å²) in [4.78, 5) is 34.4. The second kappa shape index (κ2) is 8.13. The average molecular weight is 406 g/mol. The third kappa shape index (κ3) is 3.66. The van der Waals surface area contributed by atoms with Gasteiger partial charge in [-0.1, -0.05) is 13.8 Å². The van der Waals surface area contributed by atoms with Crippen LogP contribution >= 0.6 is 0 Å². The van der Waals surface area contributed by atoms with E-state index in [1.54, 1.807) is 0 Å². The van der Waals surface area contributed by atoms with Crippen LogP contribution in [0.15, 0.2) is 0 Å². The Balaban J connectivity index is 0.00000225. The summed E-state index contributed by atoms with van der Waals surface area (Å²) in [7, 11) is 0. The van der Waals surface area contributed by atoms with Gasteiger partial charge in [-0.2, -0.15) is 0 Å². The first kappa shape index (κ1) is 22.5. The number of esters is 1. The third-order valence-corrected chi connectivity index (χ3v) is 6.88. The minimum Gasteiger partial charge on any atom is -0.550 e. The summed E-state index contributed by atoms with van der Waals surface area (Å²) in [5, 5.41) is 10.6. The molecule has 0 aromatic heterocycles. The number of hydrogen-bond donors (Lipinski definition) is 0. The SMILES string of the molecule is C[C@H]1[C@H](OC(=O)CCC(=O)[O-])O[C@@H]2OC3(C)CC[C@H]4[C@H](C)CC[C@@H]1[C@@]24OO3.[Na+]. The van der Waals surface area contributed by atoms with Crippen molar-refractivity contribution in [3.05, 3.63) is 0 Å². The van der Waals surface area contributed by atoms with Crippen LogP contribution in [0.4, 0.5) is 0 Å². The molecule has 4 heterocycles. The van der Waals surface area contributed by atoms with Crippen LogP contribution in [0.1, 0.15) is 59.3 Å². The molecule has 4 aliphatic heterocycles. The molecule has 28 heavy (non-hydrogen) atoms. The van der Waals surface area contributed by atoms with Crippen molar-refractivity contribution in [2.45, 2.75) is 83.3 Å². The Hall–Kier alpha value is -0.220. The number of aliphatic carboxylic acids is 1. The zero-order chi connectivity index (χ0) is 19.4. The van der Waals surface area contributed by atoms with Gasteiger partial charge in [-0.05, 0) is 44.4 Å². The van der Waals surface area contributed by atoms with E-state index in [-0.39, 0.29) is 60.2 Å². The molecule has 5 fully saturated rings. The minimum absolute atomic E-state index is 0. The van der Waals surface area contributed by atoms with Crippen LogP contribution in [-0.4, -0.2) is 35.9 Å². The average Bonchev–Trinajstić information content (AvgIpc) is 2.84. The number of carboxylic acid groups (broad SMARTS) is 1. The smallest absolute Gasteiger partial charge is 0.550 e. The van der Waals surface area contributed by atoms with E-state index in [2.05, 4.69) is 6.92 Å². The predicted octanol–water partition coefficient (Wildman–Crippen LogP) is -1.73. The number of carbonyl (C=O) groups excluding carboxylic acids is 2. The first-order chi connectivity index (χ1) is 12.7. The van der Waals surface area contributed by atoms with Crippen molar-refractivity contribution in [2.75, 3.05) is 0 Å². The Morgan fingerprint density at radius 2 is 1.86 bits per heavy atom. The third-order valence-electron chi connectivity index (χ3n) is 6.88. The van der Waals surface area contributed by atoms with Crippen LogP contribution in [0, 0.1) is 23.7 Å². The fourth-order valence-corrected chi connectivity index (χ4v) is 5.40. The van der Waals surface area contributed by atoms with Crippen LogP contribution in [0.2, 0.25) is 0 Å². The zero-order valence-electron chi connectivity index (χ0n) is 17.0. The van der Waals surface area contributed by atoms with Gasteiger partial charge in [-0.15, -0.1) is 0 Å². The molecule has 0 aromatic carbocycles. The van der Waals surface area contributed by atoms with E-state index >= 15 is 0 Å². The number of rotatable bonds is 4. The van der Waals surface area contributed by atoms with Crippen molar-refractivity contribution in [2.24, 2.45) is 23.7 Å². The molecule has 0 radical (unpaired) electrons. The van der Waals surface area contributed by atoms with Crippen molar-refractivity contribution in [3.8, 4) is 0 Å². The first-order valence-corrected chi connectivity index (χ1v) is 9.84. The van der Waals surface area contributed by atoms with Gasteiger partial charge in [0.1, 0.15) is 0 Å². The van der Waals surface area contributed by atoms with Crippen LogP contribution in [0.25, 0.3) is 0 Å². The fourth-order valence-electron chi connectivity index (χ4n) is 5.40. The molecule has 0 aromatic rings. The van der Waals surface area contributed by atoms with Crippen molar-refractivity contribution in [1.82, 2.24) is 0 Å². The van der Waals surface area contributed by atoms with E-state index in [1.165, 1.54) is 0 Å². The van der Waals surface area contributed by atoms with Gasteiger partial charge in [-0.3, -0.25) is 4.79 Å². The maximum Gasteiger partial charge on any atom is 1.00 e. The quantitative estimate of drug-likeness (QED) is 0.308. The van der Waals surface area contributed by atoms with Gasteiger partial charge in [0.25, 0.3) is 0 Å². The number of ether oxygens (including phenoxy) is 3. The van der Waals surface area contributed by atoms with Crippen molar-refractivity contribution in [3.63, 3.8) is 0 Å². The number of hydrogen-bond acceptors (Lipinski definition) is 8. The Bertz CT molecular complexity index is 629. The van der Waals surface area contributed by atoms with Gasteiger partial charge in [0, 0.05) is 24.2 Å². The number of carbonyl (C=O) groups is 2. The summed E-state index contributed by atoms with van der Waals surface area (Å²) >= 11 is 0. The van der Waals surface area contributed by atoms with Crippen molar-refractivity contribution >= 4 is 11.9 Å². The fraction of sp³-hybridized carbons (Fsp3) is 0.895. The van der Waals surface area contributed by atoms with E-state index in [0.29, 0.717) is 12.3 Å². The molecule has 152 valence electrons. The Labute approximate surface area is 186 Å². The summed E-state index contributed by atoms with van der Waals surface area (Å²) in [6, 6.07) is 0. The summed E-state index contributed by atoms with van der Waals surface area (Å²) in [6.45, 7) is 6.04. The van der Waals surface area contributed by atoms with E-state index in [0.717, 1.165) is 19.3 Å². The molecule has 9 heteroatoms. The molecule has 1 unspecified atom stereocenters. The molecule has 5 rings (SSSR count). The molecule has 1 aliphatic carbocycles. The topological polar surface area (TPSA) is 103 Å². The molecule has 8 nitrogen and oxygen atoms in total. The summed E-state index contributed by atoms with van der Waals surface area (Å²) < 4.78 is 17.7. The molecule has 4 saturated heterocycles. The standard InChI is InChI=1S/C19H28O8.Na/c1-10-4-5-13-11(2)16(23-15(22)7-6-14(20)21)24-17-19(13)12(10)8-9-18(3,25-17)26-27-19;/h10-13,16-17H,4-9H2,1-3H3,(H,20,21);/q;+1/p-1/t10-,11-,12+,13+,16-,17-,18?,19-;/m1./s1. The zero-order valence-corrected chi connectivity index (χ0v) is 19.0. The number of carboxylic acids is 1. The molecule has 8 atom stereocenters. The normalized spacial score (nSPS) is 46.7. The molecule has 1 spiro atoms. The predicted molar refractivity (Wildman–Crippen MR) is 87.2 cm³/mol. The second-order valence-electron chi connectivity index (χ2n) is 8.64. The maximum absolute atomic E-state index is 12.0. The van der Waals surface area contributed by atoms with Gasteiger partial charge in [-0.25, -0.2) is 9.78 Å². The molecule has 2 bridgehead atoms. The van der Waals surface area contributed by atoms with Gasteiger partial charge in [0.15, 0.2) is 11.9 Å².